The lowest BCUT2D eigenvalue weighted by Crippen LogP contribution is -2.45. The number of hydrogen-bond acceptors (Lipinski definition) is 6. The van der Waals surface area contributed by atoms with E-state index in [0.717, 1.165) is 25.7 Å². The number of methoxy groups -OCH3 is 2. The van der Waals surface area contributed by atoms with Crippen LogP contribution in [0, 0.1) is 5.92 Å². The lowest BCUT2D eigenvalue weighted by atomic mass is 9.98. The van der Waals surface area contributed by atoms with E-state index in [1.54, 1.807) is 12.1 Å². The molecule has 7 heteroatoms. The van der Waals surface area contributed by atoms with Crippen LogP contribution < -0.4 is 14.8 Å². The molecular formula is C19H25NO6. The van der Waals surface area contributed by atoms with E-state index in [1.807, 2.05) is 0 Å². The van der Waals surface area contributed by atoms with Crippen molar-refractivity contribution in [3.63, 3.8) is 0 Å². The van der Waals surface area contributed by atoms with Crippen molar-refractivity contribution in [2.75, 3.05) is 20.8 Å². The largest absolute Gasteiger partial charge is 0.493 e. The summed E-state index contributed by atoms with van der Waals surface area (Å²) < 4.78 is 15.5. The third kappa shape index (κ3) is 4.97. The van der Waals surface area contributed by atoms with Gasteiger partial charge in [0.1, 0.15) is 6.04 Å². The number of hydrogen-bond donors (Lipinski definition) is 1. The monoisotopic (exact) mass is 363 g/mol. The Hall–Kier alpha value is -2.57. The zero-order chi connectivity index (χ0) is 19.1. The summed E-state index contributed by atoms with van der Waals surface area (Å²) in [4.78, 5) is 36.1. The molecule has 0 heterocycles. The Morgan fingerprint density at radius 3 is 2.35 bits per heavy atom. The summed E-state index contributed by atoms with van der Waals surface area (Å²) in [6.07, 6.45) is 3.78. The van der Waals surface area contributed by atoms with Gasteiger partial charge in [0.25, 0.3) is 0 Å². The van der Waals surface area contributed by atoms with Gasteiger partial charge < -0.3 is 19.5 Å². The smallest absolute Gasteiger partial charge is 0.329 e. The van der Waals surface area contributed by atoms with Gasteiger partial charge in [0.2, 0.25) is 5.91 Å². The first-order valence-corrected chi connectivity index (χ1v) is 8.65. The number of Topliss-reactive ketones (excluding diaryl/α,β-unsaturated/α-hetero) is 1. The van der Waals surface area contributed by atoms with Crippen molar-refractivity contribution in [3.05, 3.63) is 23.8 Å². The van der Waals surface area contributed by atoms with Crippen LogP contribution in [0.15, 0.2) is 18.2 Å². The molecule has 1 aliphatic rings. The average molecular weight is 363 g/mol. The van der Waals surface area contributed by atoms with E-state index in [1.165, 1.54) is 27.2 Å². The molecule has 1 aromatic carbocycles. The molecule has 1 fully saturated rings. The van der Waals surface area contributed by atoms with Crippen molar-refractivity contribution in [2.45, 2.75) is 38.6 Å². The lowest BCUT2D eigenvalue weighted by Gasteiger charge is -2.22. The highest BCUT2D eigenvalue weighted by molar-refractivity contribution is 5.98. The third-order valence-corrected chi connectivity index (χ3v) is 4.53. The number of rotatable bonds is 8. The van der Waals surface area contributed by atoms with Crippen molar-refractivity contribution >= 4 is 17.7 Å². The van der Waals surface area contributed by atoms with Crippen molar-refractivity contribution in [2.24, 2.45) is 5.92 Å². The van der Waals surface area contributed by atoms with Crippen molar-refractivity contribution in [1.82, 2.24) is 5.32 Å². The Kier molecular flexibility index (Phi) is 7.00. The van der Waals surface area contributed by atoms with Gasteiger partial charge in [-0.15, -0.1) is 0 Å². The number of ether oxygens (including phenoxy) is 3. The van der Waals surface area contributed by atoms with E-state index in [0.29, 0.717) is 17.1 Å². The predicted octanol–water partition coefficient (Wildman–Crippen LogP) is 2.12. The fourth-order valence-electron chi connectivity index (χ4n) is 3.20. The van der Waals surface area contributed by atoms with E-state index < -0.39 is 18.6 Å². The molecule has 1 aromatic rings. The molecule has 0 saturated heterocycles. The highest BCUT2D eigenvalue weighted by Crippen LogP contribution is 2.29. The molecule has 0 spiro atoms. The van der Waals surface area contributed by atoms with Crippen LogP contribution in [0.5, 0.6) is 11.5 Å². The summed E-state index contributed by atoms with van der Waals surface area (Å²) in [5.41, 5.74) is 0.354. The number of benzene rings is 1. The Morgan fingerprint density at radius 2 is 1.77 bits per heavy atom. The molecule has 0 aliphatic heterocycles. The second kappa shape index (κ2) is 9.22. The number of carbonyl (C=O) groups excluding carboxylic acids is 3. The van der Waals surface area contributed by atoms with Crippen LogP contribution in [0.25, 0.3) is 0 Å². The maximum Gasteiger partial charge on any atom is 0.329 e. The van der Waals surface area contributed by atoms with Gasteiger partial charge in [-0.2, -0.15) is 0 Å². The zero-order valence-electron chi connectivity index (χ0n) is 15.4. The summed E-state index contributed by atoms with van der Waals surface area (Å²) in [5, 5.41) is 2.66. The molecule has 142 valence electrons. The normalized spacial score (nSPS) is 15.2. The summed E-state index contributed by atoms with van der Waals surface area (Å²) in [6, 6.07) is 4.04. The van der Waals surface area contributed by atoms with Gasteiger partial charge in [-0.25, -0.2) is 4.79 Å². The molecule has 2 rings (SSSR count). The van der Waals surface area contributed by atoms with Gasteiger partial charge in [0.05, 0.1) is 14.2 Å². The first-order valence-electron chi connectivity index (χ1n) is 8.65. The molecule has 1 atom stereocenters. The number of amides is 1. The molecule has 1 unspecified atom stereocenters. The summed E-state index contributed by atoms with van der Waals surface area (Å²) in [6.45, 7) is 0.973. The van der Waals surface area contributed by atoms with Gasteiger partial charge in [-0.3, -0.25) is 9.59 Å². The summed E-state index contributed by atoms with van der Waals surface area (Å²) in [7, 11) is 2.98. The molecule has 1 amide bonds. The Labute approximate surface area is 153 Å². The van der Waals surface area contributed by atoms with Crippen LogP contribution in [0.1, 0.15) is 43.0 Å². The summed E-state index contributed by atoms with van der Waals surface area (Å²) >= 11 is 0. The lowest BCUT2D eigenvalue weighted by molar-refractivity contribution is -0.148. The van der Waals surface area contributed by atoms with Gasteiger partial charge >= 0.3 is 5.97 Å². The molecule has 1 saturated carbocycles. The highest BCUT2D eigenvalue weighted by Gasteiger charge is 2.32. The molecule has 7 nitrogen and oxygen atoms in total. The van der Waals surface area contributed by atoms with E-state index in [4.69, 9.17) is 14.2 Å². The van der Waals surface area contributed by atoms with Crippen LogP contribution in [0.3, 0.4) is 0 Å². The third-order valence-electron chi connectivity index (χ3n) is 4.53. The van der Waals surface area contributed by atoms with Gasteiger partial charge in [-0.1, -0.05) is 12.8 Å². The minimum Gasteiger partial charge on any atom is -0.493 e. The highest BCUT2D eigenvalue weighted by atomic mass is 16.5. The van der Waals surface area contributed by atoms with Gasteiger partial charge in [0.15, 0.2) is 23.9 Å². The molecule has 1 N–H and O–H groups in total. The molecule has 26 heavy (non-hydrogen) atoms. The standard InChI is InChI=1S/C19H25NO6/c1-12(21)20-18(13-6-4-5-7-13)19(23)26-11-15(22)14-8-9-16(24-2)17(10-14)25-3/h8-10,13,18H,4-7,11H2,1-3H3,(H,20,21). The molecular weight excluding hydrogens is 338 g/mol. The number of ketones is 1. The first-order chi connectivity index (χ1) is 12.5. The van der Waals surface area contributed by atoms with E-state index in [9.17, 15) is 14.4 Å². The SMILES string of the molecule is COc1ccc(C(=O)COC(=O)C(NC(C)=O)C2CCCC2)cc1OC. The minimum absolute atomic E-state index is 0.0579. The number of nitrogens with one attached hydrogen (secondary N) is 1. The first kappa shape index (κ1) is 19.8. The van der Waals surface area contributed by atoms with E-state index in [2.05, 4.69) is 5.32 Å². The quantitative estimate of drug-likeness (QED) is 0.562. The van der Waals surface area contributed by atoms with Crippen LogP contribution >= 0.6 is 0 Å². The van der Waals surface area contributed by atoms with E-state index >= 15 is 0 Å². The Bertz CT molecular complexity index is 666. The number of carbonyl (C=O) groups is 3. The van der Waals surface area contributed by atoms with Crippen molar-refractivity contribution in [3.8, 4) is 11.5 Å². The predicted molar refractivity (Wildman–Crippen MR) is 94.4 cm³/mol. The second-order valence-electron chi connectivity index (χ2n) is 6.32. The molecule has 1 aliphatic carbocycles. The summed E-state index contributed by atoms with van der Waals surface area (Å²) in [5.74, 6) is -0.222. The second-order valence-corrected chi connectivity index (χ2v) is 6.32. The Morgan fingerprint density at radius 1 is 1.12 bits per heavy atom. The average Bonchev–Trinajstić information content (AvgIpc) is 3.17. The van der Waals surface area contributed by atoms with Crippen molar-refractivity contribution in [1.29, 1.82) is 0 Å². The van der Waals surface area contributed by atoms with Gasteiger partial charge in [0, 0.05) is 12.5 Å². The maximum absolute atomic E-state index is 12.4. The van der Waals surface area contributed by atoms with Crippen LogP contribution in [-0.2, 0) is 14.3 Å². The fourth-order valence-corrected chi connectivity index (χ4v) is 3.20. The number of esters is 1. The van der Waals surface area contributed by atoms with Crippen LogP contribution in [-0.4, -0.2) is 44.5 Å². The van der Waals surface area contributed by atoms with Crippen LogP contribution in [0.4, 0.5) is 0 Å². The Balaban J connectivity index is 2.00. The molecule has 0 radical (unpaired) electrons. The van der Waals surface area contributed by atoms with Crippen LogP contribution in [0.2, 0.25) is 0 Å². The topological polar surface area (TPSA) is 90.9 Å². The maximum atomic E-state index is 12.4. The van der Waals surface area contributed by atoms with Gasteiger partial charge in [-0.05, 0) is 37.0 Å². The molecule has 0 aromatic heterocycles. The zero-order valence-corrected chi connectivity index (χ0v) is 15.4. The molecule has 0 bridgehead atoms. The van der Waals surface area contributed by atoms with Crippen molar-refractivity contribution < 1.29 is 28.6 Å². The fraction of sp³-hybridized carbons (Fsp3) is 0.526. The van der Waals surface area contributed by atoms with E-state index in [-0.39, 0.29) is 17.6 Å². The minimum atomic E-state index is -0.701.